The van der Waals surface area contributed by atoms with Gasteiger partial charge in [0, 0.05) is 19.3 Å². The minimum absolute atomic E-state index is 0.0701. The van der Waals surface area contributed by atoms with Crippen LogP contribution in [0.1, 0.15) is 329 Å². The van der Waals surface area contributed by atoms with Crippen molar-refractivity contribution in [2.24, 2.45) is 0 Å². The van der Waals surface area contributed by atoms with Crippen LogP contribution < -0.4 is 0 Å². The average Bonchev–Trinajstić information content (AvgIpc) is 3.35. The summed E-state index contributed by atoms with van der Waals surface area (Å²) < 4.78 is 16.9. The molecule has 404 valence electrons. The predicted molar refractivity (Wildman–Crippen MR) is 298 cm³/mol. The molecule has 0 bridgehead atoms. The standard InChI is InChI=1S/C63H116O6/c1-4-7-10-13-16-19-22-25-27-29-31-33-35-38-41-44-47-50-53-56-62(65)68-59-60(58-67-61(64)55-52-49-46-43-40-37-24-21-18-15-12-9-6-3)69-63(66)57-54-51-48-45-42-39-36-34-32-30-28-26-23-20-17-14-11-8-5-2/h16,19,25-28,60H,4-15,17-18,20-24,29-59H2,1-3H3/b19-16-,27-25-,28-26-. The zero-order valence-corrected chi connectivity index (χ0v) is 46.3. The number of hydrogen-bond acceptors (Lipinski definition) is 6. The first-order valence-electron chi connectivity index (χ1n) is 30.5. The molecule has 0 rings (SSSR count). The van der Waals surface area contributed by atoms with E-state index in [-0.39, 0.29) is 31.1 Å². The van der Waals surface area contributed by atoms with Gasteiger partial charge in [-0.15, -0.1) is 0 Å². The molecule has 0 heterocycles. The second-order valence-corrected chi connectivity index (χ2v) is 20.6. The van der Waals surface area contributed by atoms with Crippen LogP contribution in [0.25, 0.3) is 0 Å². The fraction of sp³-hybridized carbons (Fsp3) is 0.857. The summed E-state index contributed by atoms with van der Waals surface area (Å²) in [5.74, 6) is -0.856. The summed E-state index contributed by atoms with van der Waals surface area (Å²) in [6.45, 7) is 6.65. The van der Waals surface area contributed by atoms with Crippen LogP contribution in [0.2, 0.25) is 0 Å². The number of esters is 3. The van der Waals surface area contributed by atoms with Crippen molar-refractivity contribution in [2.45, 2.75) is 335 Å². The lowest BCUT2D eigenvalue weighted by atomic mass is 10.0. The van der Waals surface area contributed by atoms with E-state index in [1.54, 1.807) is 0 Å². The molecule has 0 aliphatic carbocycles. The summed E-state index contributed by atoms with van der Waals surface area (Å²) in [4.78, 5) is 38.2. The SMILES string of the molecule is CCCCC/C=C\C/C=C\CCCCCCCCCCCC(=O)OCC(COC(=O)CCCCCCCCCCCCCCC)OC(=O)CCCCCCCCCCC/C=C\CCCCCCCC. The van der Waals surface area contributed by atoms with Gasteiger partial charge in [0.1, 0.15) is 13.2 Å². The Morgan fingerprint density at radius 3 is 0.841 bits per heavy atom. The van der Waals surface area contributed by atoms with Crippen LogP contribution in [0.5, 0.6) is 0 Å². The number of carbonyl (C=O) groups is 3. The van der Waals surface area contributed by atoms with Crippen LogP contribution in [-0.2, 0) is 28.6 Å². The van der Waals surface area contributed by atoms with Crippen molar-refractivity contribution in [3.8, 4) is 0 Å². The van der Waals surface area contributed by atoms with Crippen molar-refractivity contribution >= 4 is 17.9 Å². The molecule has 0 aliphatic heterocycles. The van der Waals surface area contributed by atoms with Crippen LogP contribution in [0.3, 0.4) is 0 Å². The summed E-state index contributed by atoms with van der Waals surface area (Å²) in [5, 5.41) is 0. The number of ether oxygens (including phenoxy) is 3. The van der Waals surface area contributed by atoms with Gasteiger partial charge in [-0.25, -0.2) is 0 Å². The van der Waals surface area contributed by atoms with Crippen molar-refractivity contribution in [3.63, 3.8) is 0 Å². The topological polar surface area (TPSA) is 78.9 Å². The average molecular weight is 970 g/mol. The molecule has 6 heteroatoms. The highest BCUT2D eigenvalue weighted by molar-refractivity contribution is 5.71. The largest absolute Gasteiger partial charge is 0.462 e. The maximum Gasteiger partial charge on any atom is 0.306 e. The lowest BCUT2D eigenvalue weighted by Crippen LogP contribution is -2.30. The zero-order chi connectivity index (χ0) is 50.0. The van der Waals surface area contributed by atoms with Crippen molar-refractivity contribution in [3.05, 3.63) is 36.5 Å². The molecule has 0 radical (unpaired) electrons. The fourth-order valence-corrected chi connectivity index (χ4v) is 9.00. The maximum atomic E-state index is 12.9. The first-order chi connectivity index (χ1) is 34.0. The molecule has 0 spiro atoms. The van der Waals surface area contributed by atoms with Crippen LogP contribution in [0.15, 0.2) is 36.5 Å². The Bertz CT molecular complexity index is 1160. The van der Waals surface area contributed by atoms with E-state index < -0.39 is 6.10 Å². The van der Waals surface area contributed by atoms with Crippen molar-refractivity contribution in [1.29, 1.82) is 0 Å². The molecule has 0 N–H and O–H groups in total. The highest BCUT2D eigenvalue weighted by Gasteiger charge is 2.19. The van der Waals surface area contributed by atoms with Gasteiger partial charge in [-0.3, -0.25) is 14.4 Å². The highest BCUT2D eigenvalue weighted by Crippen LogP contribution is 2.17. The van der Waals surface area contributed by atoms with E-state index in [1.165, 1.54) is 225 Å². The summed E-state index contributed by atoms with van der Waals surface area (Å²) >= 11 is 0. The van der Waals surface area contributed by atoms with E-state index in [9.17, 15) is 14.4 Å². The van der Waals surface area contributed by atoms with Gasteiger partial charge in [0.05, 0.1) is 0 Å². The lowest BCUT2D eigenvalue weighted by Gasteiger charge is -2.18. The second kappa shape index (κ2) is 58.2. The predicted octanol–water partition coefficient (Wildman–Crippen LogP) is 20.4. The van der Waals surface area contributed by atoms with Gasteiger partial charge in [0.25, 0.3) is 0 Å². The third-order valence-electron chi connectivity index (χ3n) is 13.6. The van der Waals surface area contributed by atoms with E-state index in [0.717, 1.165) is 64.2 Å². The minimum Gasteiger partial charge on any atom is -0.462 e. The van der Waals surface area contributed by atoms with Gasteiger partial charge in [0.2, 0.25) is 0 Å². The maximum absolute atomic E-state index is 12.9. The lowest BCUT2D eigenvalue weighted by molar-refractivity contribution is -0.167. The van der Waals surface area contributed by atoms with Gasteiger partial charge >= 0.3 is 17.9 Å². The summed E-state index contributed by atoms with van der Waals surface area (Å²) in [6.07, 6.45) is 69.9. The number of unbranched alkanes of at least 4 members (excludes halogenated alkanes) is 39. The minimum atomic E-state index is -0.772. The monoisotopic (exact) mass is 969 g/mol. The number of rotatable bonds is 56. The molecule has 6 nitrogen and oxygen atoms in total. The van der Waals surface area contributed by atoms with E-state index >= 15 is 0 Å². The quantitative estimate of drug-likeness (QED) is 0.0261. The number of carbonyl (C=O) groups excluding carboxylic acids is 3. The molecule has 0 aromatic carbocycles. The molecule has 0 aromatic rings. The third-order valence-corrected chi connectivity index (χ3v) is 13.6. The molecule has 0 aromatic heterocycles. The Kier molecular flexibility index (Phi) is 56.2. The molecule has 69 heavy (non-hydrogen) atoms. The molecular formula is C63H116O6. The molecule has 0 saturated carbocycles. The third kappa shape index (κ3) is 56.4. The molecule has 0 saturated heterocycles. The van der Waals surface area contributed by atoms with Gasteiger partial charge in [-0.1, -0.05) is 269 Å². The Morgan fingerprint density at radius 2 is 0.522 bits per heavy atom. The van der Waals surface area contributed by atoms with E-state index in [4.69, 9.17) is 14.2 Å². The first-order valence-corrected chi connectivity index (χ1v) is 30.5. The van der Waals surface area contributed by atoms with Gasteiger partial charge in [-0.2, -0.15) is 0 Å². The number of hydrogen-bond donors (Lipinski definition) is 0. The Morgan fingerprint density at radius 1 is 0.290 bits per heavy atom. The molecule has 0 aliphatic rings. The Balaban J connectivity index is 4.32. The molecular weight excluding hydrogens is 853 g/mol. The van der Waals surface area contributed by atoms with Crippen LogP contribution in [-0.4, -0.2) is 37.2 Å². The Hall–Kier alpha value is -2.37. The van der Waals surface area contributed by atoms with Crippen LogP contribution in [0.4, 0.5) is 0 Å². The summed E-state index contributed by atoms with van der Waals surface area (Å²) in [5.41, 5.74) is 0. The smallest absolute Gasteiger partial charge is 0.306 e. The molecule has 0 fully saturated rings. The normalized spacial score (nSPS) is 12.2. The van der Waals surface area contributed by atoms with E-state index in [0.29, 0.717) is 19.3 Å². The van der Waals surface area contributed by atoms with Gasteiger partial charge in [-0.05, 0) is 77.0 Å². The zero-order valence-electron chi connectivity index (χ0n) is 46.3. The van der Waals surface area contributed by atoms with E-state index in [2.05, 4.69) is 57.2 Å². The van der Waals surface area contributed by atoms with Crippen LogP contribution in [0, 0.1) is 0 Å². The molecule has 1 unspecified atom stereocenters. The van der Waals surface area contributed by atoms with Gasteiger partial charge < -0.3 is 14.2 Å². The second-order valence-electron chi connectivity index (χ2n) is 20.6. The molecule has 0 amide bonds. The van der Waals surface area contributed by atoms with Crippen molar-refractivity contribution in [2.75, 3.05) is 13.2 Å². The van der Waals surface area contributed by atoms with Crippen molar-refractivity contribution < 1.29 is 28.6 Å². The van der Waals surface area contributed by atoms with Crippen LogP contribution >= 0.6 is 0 Å². The van der Waals surface area contributed by atoms with E-state index in [1.807, 2.05) is 0 Å². The summed E-state index contributed by atoms with van der Waals surface area (Å²) in [7, 11) is 0. The first kappa shape index (κ1) is 66.6. The Labute approximate surface area is 429 Å². The van der Waals surface area contributed by atoms with Gasteiger partial charge in [0.15, 0.2) is 6.10 Å². The highest BCUT2D eigenvalue weighted by atomic mass is 16.6. The molecule has 1 atom stereocenters. The fourth-order valence-electron chi connectivity index (χ4n) is 9.00. The summed E-state index contributed by atoms with van der Waals surface area (Å²) in [6, 6.07) is 0. The van der Waals surface area contributed by atoms with Crippen molar-refractivity contribution in [1.82, 2.24) is 0 Å². The number of allylic oxidation sites excluding steroid dienone is 6.